The van der Waals surface area contributed by atoms with E-state index in [0.717, 1.165) is 76.1 Å². The van der Waals surface area contributed by atoms with Gasteiger partial charge in [-0.25, -0.2) is 0 Å². The number of nitrogens with zero attached hydrogens (tertiary/aromatic N) is 2. The Morgan fingerprint density at radius 3 is 0.952 bits per heavy atom. The van der Waals surface area contributed by atoms with Crippen molar-refractivity contribution in [1.29, 1.82) is 10.5 Å². The van der Waals surface area contributed by atoms with E-state index in [1.54, 1.807) is 0 Å². The zero-order valence-corrected chi connectivity index (χ0v) is 33.5. The minimum Gasteiger partial charge on any atom is -0.192 e. The Kier molecular flexibility index (Phi) is 8.01. The predicted molar refractivity (Wildman–Crippen MR) is 260 cm³/mol. The summed E-state index contributed by atoms with van der Waals surface area (Å²) in [6.45, 7) is 0. The lowest BCUT2D eigenvalue weighted by atomic mass is 9.83. The molecule has 2 heteroatoms. The van der Waals surface area contributed by atoms with E-state index >= 15 is 0 Å². The van der Waals surface area contributed by atoms with Crippen LogP contribution in [0.5, 0.6) is 0 Å². The Morgan fingerprint density at radius 1 is 0.242 bits per heavy atom. The van der Waals surface area contributed by atoms with Crippen molar-refractivity contribution < 1.29 is 0 Å². The molecule has 12 rings (SSSR count). The lowest BCUT2D eigenvalue weighted by molar-refractivity contribution is 1.45. The van der Waals surface area contributed by atoms with Gasteiger partial charge in [0.15, 0.2) is 0 Å². The summed E-state index contributed by atoms with van der Waals surface area (Å²) in [5, 5.41) is 36.6. The van der Waals surface area contributed by atoms with Crippen LogP contribution in [0.1, 0.15) is 11.1 Å². The largest absolute Gasteiger partial charge is 0.192 e. The van der Waals surface area contributed by atoms with E-state index in [4.69, 9.17) is 0 Å². The number of hydrogen-bond acceptors (Lipinski definition) is 2. The molecule has 0 fully saturated rings. The fourth-order valence-corrected chi connectivity index (χ4v) is 10.0. The summed E-state index contributed by atoms with van der Waals surface area (Å²) in [5.41, 5.74) is 9.96. The maximum atomic E-state index is 10.4. The molecule has 0 saturated heterocycles. The molecule has 0 aliphatic rings. The van der Waals surface area contributed by atoms with Crippen molar-refractivity contribution in [2.45, 2.75) is 0 Å². The number of rotatable bonds is 4. The second-order valence-corrected chi connectivity index (χ2v) is 16.2. The second kappa shape index (κ2) is 14.0. The molecule has 0 N–H and O–H groups in total. The van der Waals surface area contributed by atoms with Crippen LogP contribution in [0.3, 0.4) is 0 Å². The maximum Gasteiger partial charge on any atom is 0.101 e. The normalized spacial score (nSPS) is 11.5. The molecule has 62 heavy (non-hydrogen) atoms. The van der Waals surface area contributed by atoms with Crippen molar-refractivity contribution in [1.82, 2.24) is 0 Å². The fraction of sp³-hybridized carbons (Fsp3) is 0. The maximum absolute atomic E-state index is 10.4. The third-order valence-corrected chi connectivity index (χ3v) is 12.9. The summed E-state index contributed by atoms with van der Waals surface area (Å²) in [6.07, 6.45) is 0. The van der Waals surface area contributed by atoms with E-state index in [-0.39, 0.29) is 0 Å². The van der Waals surface area contributed by atoms with Crippen LogP contribution < -0.4 is 0 Å². The summed E-state index contributed by atoms with van der Waals surface area (Å²) in [5.74, 6) is 0. The Hall–Kier alpha value is -8.56. The van der Waals surface area contributed by atoms with Gasteiger partial charge in [-0.05, 0) is 144 Å². The quantitative estimate of drug-likeness (QED) is 0.167. The monoisotopic (exact) mass is 782 g/mol. The Morgan fingerprint density at radius 2 is 0.565 bits per heavy atom. The zero-order chi connectivity index (χ0) is 41.3. The second-order valence-electron chi connectivity index (χ2n) is 16.2. The molecule has 0 unspecified atom stereocenters. The molecule has 0 saturated carbocycles. The van der Waals surface area contributed by atoms with Crippen LogP contribution in [0.2, 0.25) is 0 Å². The molecule has 0 bridgehead atoms. The molecule has 0 radical (unpaired) electrons. The van der Waals surface area contributed by atoms with Crippen LogP contribution in [0.25, 0.3) is 120 Å². The summed E-state index contributed by atoms with van der Waals surface area (Å²) >= 11 is 0. The van der Waals surface area contributed by atoms with Crippen LogP contribution in [0.15, 0.2) is 206 Å². The number of benzene rings is 12. The van der Waals surface area contributed by atoms with Gasteiger partial charge in [0, 0.05) is 0 Å². The highest BCUT2D eigenvalue weighted by molar-refractivity contribution is 6.38. The average molecular weight is 783 g/mol. The molecule has 0 atom stereocenters. The lowest BCUT2D eigenvalue weighted by Gasteiger charge is -2.20. The van der Waals surface area contributed by atoms with E-state index in [2.05, 4.69) is 206 Å². The third-order valence-electron chi connectivity index (χ3n) is 12.9. The van der Waals surface area contributed by atoms with Gasteiger partial charge in [0.25, 0.3) is 0 Å². The summed E-state index contributed by atoms with van der Waals surface area (Å²) < 4.78 is 0. The van der Waals surface area contributed by atoms with Crippen LogP contribution in [0, 0.1) is 22.7 Å². The van der Waals surface area contributed by atoms with Gasteiger partial charge >= 0.3 is 0 Å². The van der Waals surface area contributed by atoms with Crippen LogP contribution in [0.4, 0.5) is 0 Å². The van der Waals surface area contributed by atoms with Crippen LogP contribution >= 0.6 is 0 Å². The third kappa shape index (κ3) is 5.42. The topological polar surface area (TPSA) is 47.6 Å². The van der Waals surface area contributed by atoms with Gasteiger partial charge in [-0.2, -0.15) is 10.5 Å². The van der Waals surface area contributed by atoms with Crippen molar-refractivity contribution in [3.05, 3.63) is 217 Å². The Balaban J connectivity index is 1.12. The van der Waals surface area contributed by atoms with Gasteiger partial charge in [0.2, 0.25) is 0 Å². The number of nitriles is 2. The van der Waals surface area contributed by atoms with Gasteiger partial charge in [-0.3, -0.25) is 0 Å². The van der Waals surface area contributed by atoms with E-state index in [1.807, 2.05) is 12.1 Å². The highest BCUT2D eigenvalue weighted by Crippen LogP contribution is 2.48. The van der Waals surface area contributed by atoms with Crippen LogP contribution in [-0.4, -0.2) is 0 Å². The highest BCUT2D eigenvalue weighted by atomic mass is 14.3. The van der Waals surface area contributed by atoms with E-state index in [9.17, 15) is 10.5 Å². The van der Waals surface area contributed by atoms with Crippen molar-refractivity contribution >= 4 is 75.4 Å². The molecule has 12 aromatic carbocycles. The van der Waals surface area contributed by atoms with Gasteiger partial charge < -0.3 is 0 Å². The van der Waals surface area contributed by atoms with Gasteiger partial charge in [0.05, 0.1) is 11.1 Å². The Bertz CT molecular complexity index is 3650. The smallest absolute Gasteiger partial charge is 0.101 e. The minimum absolute atomic E-state index is 0.375. The summed E-state index contributed by atoms with van der Waals surface area (Å²) in [7, 11) is 0. The molecule has 284 valence electrons. The number of hydrogen-bond donors (Lipinski definition) is 0. The van der Waals surface area contributed by atoms with Crippen molar-refractivity contribution in [2.75, 3.05) is 0 Å². The van der Waals surface area contributed by atoms with Gasteiger partial charge in [0.1, 0.15) is 12.1 Å². The fourth-order valence-electron chi connectivity index (χ4n) is 10.0. The highest BCUT2D eigenvalue weighted by Gasteiger charge is 2.21. The standard InChI is InChI=1S/C60H34N2/c61-35-43-31-55-56(32-44(43)36-62)58-34-54(42-29-25-40(26-30-42)48-22-10-14-38-12-2-4-16-46(38)48)50-18-6-8-20-52(50)60(58)59-51-19-7-5-17-49(51)53(33-57(55)59)41-27-23-39(24-28-41)47-21-9-13-37-11-1-3-15-45(37)47/h1-34H. The van der Waals surface area contributed by atoms with Crippen molar-refractivity contribution in [3.63, 3.8) is 0 Å². The molecule has 0 spiro atoms. The molecular formula is C60H34N2. The first-order valence-electron chi connectivity index (χ1n) is 20.9. The SMILES string of the molecule is N#Cc1cc2c(cc1C#N)c1cc(-c3ccc(-c4cccc5ccccc45)cc3)c3ccccc3c1c1c3ccccc3c(-c3ccc(-c4cccc5ccccc45)cc3)cc21. The van der Waals surface area contributed by atoms with E-state index in [0.29, 0.717) is 11.1 Å². The summed E-state index contributed by atoms with van der Waals surface area (Å²) in [6, 6.07) is 78.5. The molecule has 0 aromatic heterocycles. The van der Waals surface area contributed by atoms with Gasteiger partial charge in [-0.15, -0.1) is 0 Å². The predicted octanol–water partition coefficient (Wildman–Crippen LogP) is 16.2. The first-order chi connectivity index (χ1) is 30.7. The minimum atomic E-state index is 0.375. The first-order valence-corrected chi connectivity index (χ1v) is 20.9. The molecule has 0 aliphatic carbocycles. The molecule has 0 amide bonds. The summed E-state index contributed by atoms with van der Waals surface area (Å²) in [4.78, 5) is 0. The van der Waals surface area contributed by atoms with Crippen LogP contribution in [-0.2, 0) is 0 Å². The number of fused-ring (bicyclic) bond motifs is 12. The molecule has 0 aliphatic heterocycles. The first kappa shape index (κ1) is 35.4. The lowest BCUT2D eigenvalue weighted by Crippen LogP contribution is -1.93. The average Bonchev–Trinajstić information content (AvgIpc) is 3.35. The molecule has 2 nitrogen and oxygen atoms in total. The van der Waals surface area contributed by atoms with Gasteiger partial charge in [-0.1, -0.05) is 182 Å². The van der Waals surface area contributed by atoms with E-state index in [1.165, 1.54) is 43.8 Å². The molecular weight excluding hydrogens is 749 g/mol. The molecule has 0 heterocycles. The van der Waals surface area contributed by atoms with E-state index < -0.39 is 0 Å². The Labute approximate surface area is 358 Å². The zero-order valence-electron chi connectivity index (χ0n) is 33.5. The molecule has 12 aromatic rings. The van der Waals surface area contributed by atoms with Crippen molar-refractivity contribution in [2.24, 2.45) is 0 Å². The van der Waals surface area contributed by atoms with Crippen molar-refractivity contribution in [3.8, 4) is 56.6 Å².